The van der Waals surface area contributed by atoms with Crippen LogP contribution in [0.25, 0.3) is 11.3 Å². The Morgan fingerprint density at radius 3 is 2.67 bits per heavy atom. The van der Waals surface area contributed by atoms with Gasteiger partial charge in [0.2, 0.25) is 0 Å². The van der Waals surface area contributed by atoms with Gasteiger partial charge in [-0.25, -0.2) is 9.18 Å². The number of para-hydroxylation sites is 1. The first-order chi connectivity index (χ1) is 13.1. The molecule has 5 nitrogen and oxygen atoms in total. The lowest BCUT2D eigenvalue weighted by molar-refractivity contribution is 0.0485. The number of halogens is 2. The first-order valence-electron chi connectivity index (χ1n) is 8.33. The minimum atomic E-state index is -0.650. The van der Waals surface area contributed by atoms with Gasteiger partial charge in [-0.15, -0.1) is 0 Å². The Kier molecular flexibility index (Phi) is 6.08. The standard InChI is InChI=1S/C20H17ClFNO4/c1-13-17(19(23-27-13)18-15(21)9-5-10-16(18)22)20(24)26-12-6-11-25-14-7-3-2-4-8-14/h2-5,7-10H,6,11-12H2,1H3. The second-order valence-corrected chi connectivity index (χ2v) is 6.12. The van der Waals surface area contributed by atoms with Crippen molar-refractivity contribution in [2.24, 2.45) is 0 Å². The van der Waals surface area contributed by atoms with E-state index in [1.165, 1.54) is 18.2 Å². The number of ether oxygens (including phenoxy) is 2. The highest BCUT2D eigenvalue weighted by Crippen LogP contribution is 2.33. The van der Waals surface area contributed by atoms with Gasteiger partial charge in [0.15, 0.2) is 0 Å². The highest BCUT2D eigenvalue weighted by Gasteiger charge is 2.26. The molecule has 2 aromatic carbocycles. The Morgan fingerprint density at radius 2 is 1.93 bits per heavy atom. The lowest BCUT2D eigenvalue weighted by Gasteiger charge is -2.08. The number of aryl methyl sites for hydroxylation is 1. The quantitative estimate of drug-likeness (QED) is 0.417. The number of carbonyl (C=O) groups is 1. The molecule has 0 saturated heterocycles. The normalized spacial score (nSPS) is 10.6. The van der Waals surface area contributed by atoms with Gasteiger partial charge in [0.05, 0.1) is 23.8 Å². The van der Waals surface area contributed by atoms with Crippen LogP contribution in [0.2, 0.25) is 5.02 Å². The maximum absolute atomic E-state index is 14.2. The molecule has 27 heavy (non-hydrogen) atoms. The average Bonchev–Trinajstić information content (AvgIpc) is 3.03. The molecule has 0 aliphatic heterocycles. The molecule has 1 heterocycles. The maximum Gasteiger partial charge on any atom is 0.344 e. The van der Waals surface area contributed by atoms with E-state index in [2.05, 4.69) is 5.16 Å². The first-order valence-corrected chi connectivity index (χ1v) is 8.71. The summed E-state index contributed by atoms with van der Waals surface area (Å²) in [5, 5.41) is 3.92. The van der Waals surface area contributed by atoms with E-state index in [4.69, 9.17) is 25.6 Å². The fourth-order valence-corrected chi connectivity index (χ4v) is 2.76. The van der Waals surface area contributed by atoms with Gasteiger partial charge in [-0.05, 0) is 31.2 Å². The van der Waals surface area contributed by atoms with Crippen molar-refractivity contribution in [3.63, 3.8) is 0 Å². The topological polar surface area (TPSA) is 61.6 Å². The summed E-state index contributed by atoms with van der Waals surface area (Å²) in [4.78, 5) is 12.4. The molecule has 0 radical (unpaired) electrons. The Hall–Kier alpha value is -2.86. The van der Waals surface area contributed by atoms with Crippen LogP contribution in [0.3, 0.4) is 0 Å². The zero-order valence-electron chi connectivity index (χ0n) is 14.6. The molecule has 0 saturated carbocycles. The van der Waals surface area contributed by atoms with E-state index in [-0.39, 0.29) is 34.2 Å². The zero-order valence-corrected chi connectivity index (χ0v) is 15.3. The number of benzene rings is 2. The highest BCUT2D eigenvalue weighted by atomic mass is 35.5. The van der Waals surface area contributed by atoms with Crippen LogP contribution in [0.15, 0.2) is 53.1 Å². The molecular weight excluding hydrogens is 373 g/mol. The predicted octanol–water partition coefficient (Wildman–Crippen LogP) is 5.07. The number of nitrogens with zero attached hydrogens (tertiary/aromatic N) is 1. The molecule has 0 aliphatic rings. The van der Waals surface area contributed by atoms with Gasteiger partial charge >= 0.3 is 5.97 Å². The summed E-state index contributed by atoms with van der Waals surface area (Å²) in [6, 6.07) is 13.6. The van der Waals surface area contributed by atoms with Crippen molar-refractivity contribution < 1.29 is 23.2 Å². The molecule has 3 aromatic rings. The van der Waals surface area contributed by atoms with Crippen LogP contribution in [-0.4, -0.2) is 24.3 Å². The highest BCUT2D eigenvalue weighted by molar-refractivity contribution is 6.33. The molecule has 0 fully saturated rings. The summed E-state index contributed by atoms with van der Waals surface area (Å²) < 4.78 is 30.0. The molecule has 3 rings (SSSR count). The summed E-state index contributed by atoms with van der Waals surface area (Å²) in [5.74, 6) is -0.270. The molecule has 0 unspecified atom stereocenters. The lowest BCUT2D eigenvalue weighted by atomic mass is 10.1. The largest absolute Gasteiger partial charge is 0.493 e. The van der Waals surface area contributed by atoms with Crippen LogP contribution in [0.1, 0.15) is 22.5 Å². The van der Waals surface area contributed by atoms with Gasteiger partial charge in [-0.1, -0.05) is 41.0 Å². The second kappa shape index (κ2) is 8.68. The average molecular weight is 390 g/mol. The zero-order chi connectivity index (χ0) is 19.2. The SMILES string of the molecule is Cc1onc(-c2c(F)cccc2Cl)c1C(=O)OCCCOc1ccccc1. The minimum Gasteiger partial charge on any atom is -0.493 e. The van der Waals surface area contributed by atoms with Gasteiger partial charge < -0.3 is 14.0 Å². The van der Waals surface area contributed by atoms with Crippen LogP contribution >= 0.6 is 11.6 Å². The summed E-state index contributed by atoms with van der Waals surface area (Å²) in [6.07, 6.45) is 0.501. The number of hydrogen-bond donors (Lipinski definition) is 0. The van der Waals surface area contributed by atoms with Crippen LogP contribution in [0, 0.1) is 12.7 Å². The van der Waals surface area contributed by atoms with Crippen molar-refractivity contribution in [1.29, 1.82) is 0 Å². The Morgan fingerprint density at radius 1 is 1.15 bits per heavy atom. The van der Waals surface area contributed by atoms with Crippen molar-refractivity contribution in [2.75, 3.05) is 13.2 Å². The van der Waals surface area contributed by atoms with E-state index in [1.54, 1.807) is 6.92 Å². The predicted molar refractivity (Wildman–Crippen MR) is 98.5 cm³/mol. The van der Waals surface area contributed by atoms with Crippen LogP contribution in [0.5, 0.6) is 5.75 Å². The number of esters is 1. The third-order valence-corrected chi connectivity index (χ3v) is 4.12. The number of rotatable bonds is 7. The van der Waals surface area contributed by atoms with Gasteiger partial charge in [-0.3, -0.25) is 0 Å². The molecule has 0 atom stereocenters. The van der Waals surface area contributed by atoms with Crippen LogP contribution in [-0.2, 0) is 4.74 Å². The number of carbonyl (C=O) groups excluding carboxylic acids is 1. The van der Waals surface area contributed by atoms with E-state index < -0.39 is 11.8 Å². The maximum atomic E-state index is 14.2. The number of hydrogen-bond acceptors (Lipinski definition) is 5. The fourth-order valence-electron chi connectivity index (χ4n) is 2.51. The summed E-state index contributed by atoms with van der Waals surface area (Å²) in [7, 11) is 0. The molecule has 0 bridgehead atoms. The molecule has 7 heteroatoms. The monoisotopic (exact) mass is 389 g/mol. The minimum absolute atomic E-state index is 0.00961. The van der Waals surface area contributed by atoms with Gasteiger partial charge in [0, 0.05) is 6.42 Å². The first kappa shape index (κ1) is 18.9. The van der Waals surface area contributed by atoms with Crippen molar-refractivity contribution in [3.05, 3.63) is 70.7 Å². The van der Waals surface area contributed by atoms with Crippen LogP contribution in [0.4, 0.5) is 4.39 Å². The fraction of sp³-hybridized carbons (Fsp3) is 0.200. The van der Waals surface area contributed by atoms with Gasteiger partial charge in [0.1, 0.15) is 28.6 Å². The third kappa shape index (κ3) is 4.46. The van der Waals surface area contributed by atoms with Gasteiger partial charge in [-0.2, -0.15) is 0 Å². The van der Waals surface area contributed by atoms with Crippen molar-refractivity contribution in [3.8, 4) is 17.0 Å². The lowest BCUT2D eigenvalue weighted by Crippen LogP contribution is -2.11. The summed E-state index contributed by atoms with van der Waals surface area (Å²) in [5.41, 5.74) is 0.0995. The summed E-state index contributed by atoms with van der Waals surface area (Å²) >= 11 is 6.06. The van der Waals surface area contributed by atoms with Crippen LogP contribution < -0.4 is 4.74 Å². The number of aromatic nitrogens is 1. The molecule has 0 spiro atoms. The third-order valence-electron chi connectivity index (χ3n) is 3.80. The van der Waals surface area contributed by atoms with E-state index in [1.807, 2.05) is 30.3 Å². The van der Waals surface area contributed by atoms with E-state index in [0.717, 1.165) is 5.75 Å². The van der Waals surface area contributed by atoms with Crippen molar-refractivity contribution in [2.45, 2.75) is 13.3 Å². The Balaban J connectivity index is 1.63. The Labute approximate surface area is 160 Å². The molecule has 0 amide bonds. The molecule has 140 valence electrons. The Bertz CT molecular complexity index is 907. The molecule has 0 N–H and O–H groups in total. The van der Waals surface area contributed by atoms with E-state index >= 15 is 0 Å². The van der Waals surface area contributed by atoms with E-state index in [9.17, 15) is 9.18 Å². The van der Waals surface area contributed by atoms with Gasteiger partial charge in [0.25, 0.3) is 0 Å². The van der Waals surface area contributed by atoms with Crippen molar-refractivity contribution in [1.82, 2.24) is 5.16 Å². The van der Waals surface area contributed by atoms with E-state index in [0.29, 0.717) is 13.0 Å². The second-order valence-electron chi connectivity index (χ2n) is 5.71. The smallest absolute Gasteiger partial charge is 0.344 e. The molecular formula is C20H17ClFNO4. The molecule has 1 aromatic heterocycles. The molecule has 0 aliphatic carbocycles. The summed E-state index contributed by atoms with van der Waals surface area (Å²) in [6.45, 7) is 2.09. The van der Waals surface area contributed by atoms with Crippen molar-refractivity contribution >= 4 is 17.6 Å².